The van der Waals surface area contributed by atoms with Crippen molar-refractivity contribution in [2.24, 2.45) is 0 Å². The molecule has 1 aromatic carbocycles. The molecule has 0 radical (unpaired) electrons. The Labute approximate surface area is 149 Å². The standard InChI is InChI=1S/C20H28N2O3/c23-18-8-6-16(7-9-18)21-12-10-20(11-13-21)15-22(19(24)14-25-20)17-4-2-1-3-5-17/h6-9,17,23H,1-5,10-15H2. The zero-order chi connectivity index (χ0) is 17.3. The molecule has 5 nitrogen and oxygen atoms in total. The van der Waals surface area contributed by atoms with Crippen LogP contribution >= 0.6 is 0 Å². The molecule has 1 aliphatic carbocycles. The highest BCUT2D eigenvalue weighted by atomic mass is 16.5. The Bertz CT molecular complexity index is 602. The molecular formula is C20H28N2O3. The first-order chi connectivity index (χ1) is 12.2. The minimum absolute atomic E-state index is 0.168. The molecule has 1 saturated carbocycles. The summed E-state index contributed by atoms with van der Waals surface area (Å²) in [7, 11) is 0. The number of morpholine rings is 1. The van der Waals surface area contributed by atoms with Gasteiger partial charge in [0.05, 0.1) is 12.1 Å². The fraction of sp³-hybridized carbons (Fsp3) is 0.650. The predicted molar refractivity (Wildman–Crippen MR) is 96.8 cm³/mol. The maximum atomic E-state index is 12.4. The van der Waals surface area contributed by atoms with Crippen molar-refractivity contribution < 1.29 is 14.6 Å². The van der Waals surface area contributed by atoms with Crippen LogP contribution in [0.5, 0.6) is 5.75 Å². The van der Waals surface area contributed by atoms with Gasteiger partial charge in [0.1, 0.15) is 12.4 Å². The van der Waals surface area contributed by atoms with Crippen LogP contribution in [0.4, 0.5) is 5.69 Å². The van der Waals surface area contributed by atoms with Gasteiger partial charge in [-0.3, -0.25) is 4.79 Å². The zero-order valence-electron chi connectivity index (χ0n) is 14.8. The van der Waals surface area contributed by atoms with Gasteiger partial charge in [0, 0.05) is 24.8 Å². The van der Waals surface area contributed by atoms with Gasteiger partial charge in [-0.2, -0.15) is 0 Å². The van der Waals surface area contributed by atoms with Crippen LogP contribution in [0, 0.1) is 0 Å². The molecule has 25 heavy (non-hydrogen) atoms. The van der Waals surface area contributed by atoms with E-state index in [-0.39, 0.29) is 18.1 Å². The Hall–Kier alpha value is -1.75. The van der Waals surface area contributed by atoms with Crippen LogP contribution in [0.1, 0.15) is 44.9 Å². The molecule has 2 aliphatic heterocycles. The number of benzene rings is 1. The molecule has 1 aromatic rings. The monoisotopic (exact) mass is 344 g/mol. The third-order valence-corrected chi connectivity index (χ3v) is 6.19. The lowest BCUT2D eigenvalue weighted by atomic mass is 9.86. The maximum Gasteiger partial charge on any atom is 0.248 e. The number of phenolic OH excluding ortho intramolecular Hbond substituents is 1. The largest absolute Gasteiger partial charge is 0.508 e. The Morgan fingerprint density at radius 3 is 2.40 bits per heavy atom. The van der Waals surface area contributed by atoms with E-state index in [4.69, 9.17) is 4.74 Å². The predicted octanol–water partition coefficient (Wildman–Crippen LogP) is 2.92. The van der Waals surface area contributed by atoms with Gasteiger partial charge in [-0.1, -0.05) is 19.3 Å². The van der Waals surface area contributed by atoms with Crippen LogP contribution in [0.2, 0.25) is 0 Å². The Morgan fingerprint density at radius 1 is 1.04 bits per heavy atom. The first-order valence-corrected chi connectivity index (χ1v) is 9.63. The molecule has 1 amide bonds. The Morgan fingerprint density at radius 2 is 1.72 bits per heavy atom. The second kappa shape index (κ2) is 6.87. The van der Waals surface area contributed by atoms with Crippen molar-refractivity contribution in [1.82, 2.24) is 4.90 Å². The number of aromatic hydroxyl groups is 1. The van der Waals surface area contributed by atoms with Crippen LogP contribution in [0.3, 0.4) is 0 Å². The van der Waals surface area contributed by atoms with Gasteiger partial charge >= 0.3 is 0 Å². The number of carbonyl (C=O) groups excluding carboxylic acids is 1. The van der Waals surface area contributed by atoms with E-state index < -0.39 is 0 Å². The SMILES string of the molecule is O=C1COC2(CCN(c3ccc(O)cc3)CC2)CN1C1CCCCC1. The maximum absolute atomic E-state index is 12.4. The topological polar surface area (TPSA) is 53.0 Å². The molecular weight excluding hydrogens is 316 g/mol. The highest BCUT2D eigenvalue weighted by molar-refractivity contribution is 5.78. The van der Waals surface area contributed by atoms with Crippen molar-refractivity contribution >= 4 is 11.6 Å². The molecule has 0 aromatic heterocycles. The zero-order valence-corrected chi connectivity index (χ0v) is 14.8. The van der Waals surface area contributed by atoms with E-state index in [9.17, 15) is 9.90 Å². The lowest BCUT2D eigenvalue weighted by Gasteiger charge is -2.49. The highest BCUT2D eigenvalue weighted by Crippen LogP contribution is 2.35. The first-order valence-electron chi connectivity index (χ1n) is 9.63. The number of nitrogens with zero attached hydrogens (tertiary/aromatic N) is 2. The minimum atomic E-state index is -0.168. The molecule has 2 saturated heterocycles. The molecule has 3 fully saturated rings. The molecule has 0 bridgehead atoms. The Balaban J connectivity index is 1.41. The number of piperidine rings is 1. The molecule has 2 heterocycles. The van der Waals surface area contributed by atoms with Crippen LogP contribution < -0.4 is 4.90 Å². The van der Waals surface area contributed by atoms with E-state index in [0.29, 0.717) is 11.8 Å². The van der Waals surface area contributed by atoms with Crippen LogP contribution in [0.15, 0.2) is 24.3 Å². The lowest BCUT2D eigenvalue weighted by Crippen LogP contribution is -2.61. The number of phenols is 1. The third-order valence-electron chi connectivity index (χ3n) is 6.19. The fourth-order valence-electron chi connectivity index (χ4n) is 4.61. The summed E-state index contributed by atoms with van der Waals surface area (Å²) in [6, 6.07) is 7.83. The van der Waals surface area contributed by atoms with E-state index in [1.165, 1.54) is 19.3 Å². The van der Waals surface area contributed by atoms with Gasteiger partial charge < -0.3 is 19.6 Å². The van der Waals surface area contributed by atoms with Crippen molar-refractivity contribution in [3.05, 3.63) is 24.3 Å². The van der Waals surface area contributed by atoms with Crippen molar-refractivity contribution in [2.75, 3.05) is 31.1 Å². The highest BCUT2D eigenvalue weighted by Gasteiger charge is 2.44. The average Bonchev–Trinajstić information content (AvgIpc) is 2.66. The van der Waals surface area contributed by atoms with E-state index in [0.717, 1.165) is 51.0 Å². The Kier molecular flexibility index (Phi) is 4.59. The molecule has 1 spiro atoms. The van der Waals surface area contributed by atoms with Crippen molar-refractivity contribution in [2.45, 2.75) is 56.6 Å². The van der Waals surface area contributed by atoms with Gasteiger partial charge in [-0.05, 0) is 49.9 Å². The third kappa shape index (κ3) is 3.47. The number of amides is 1. The molecule has 5 heteroatoms. The van der Waals surface area contributed by atoms with E-state index >= 15 is 0 Å². The van der Waals surface area contributed by atoms with E-state index in [1.807, 2.05) is 12.1 Å². The second-order valence-electron chi connectivity index (χ2n) is 7.79. The summed E-state index contributed by atoms with van der Waals surface area (Å²) in [6.07, 6.45) is 8.01. The lowest BCUT2D eigenvalue weighted by molar-refractivity contribution is -0.172. The van der Waals surface area contributed by atoms with Crippen LogP contribution in [-0.4, -0.2) is 53.8 Å². The summed E-state index contributed by atoms with van der Waals surface area (Å²) in [5.74, 6) is 0.480. The fourth-order valence-corrected chi connectivity index (χ4v) is 4.61. The molecule has 0 unspecified atom stereocenters. The van der Waals surface area contributed by atoms with E-state index in [2.05, 4.69) is 9.80 Å². The first kappa shape index (κ1) is 16.7. The van der Waals surface area contributed by atoms with Crippen LogP contribution in [0.25, 0.3) is 0 Å². The number of ether oxygens (including phenoxy) is 1. The second-order valence-corrected chi connectivity index (χ2v) is 7.79. The number of carbonyl (C=O) groups is 1. The summed E-state index contributed by atoms with van der Waals surface area (Å²) in [5, 5.41) is 9.46. The molecule has 1 N–H and O–H groups in total. The molecule has 136 valence electrons. The summed E-state index contributed by atoms with van der Waals surface area (Å²) in [5.41, 5.74) is 0.974. The van der Waals surface area contributed by atoms with Crippen molar-refractivity contribution in [3.63, 3.8) is 0 Å². The van der Waals surface area contributed by atoms with E-state index in [1.54, 1.807) is 12.1 Å². The minimum Gasteiger partial charge on any atom is -0.508 e. The summed E-state index contributed by atoms with van der Waals surface area (Å²) < 4.78 is 6.09. The van der Waals surface area contributed by atoms with Crippen molar-refractivity contribution in [3.8, 4) is 5.75 Å². The van der Waals surface area contributed by atoms with Gasteiger partial charge in [0.2, 0.25) is 5.91 Å². The van der Waals surface area contributed by atoms with Crippen molar-refractivity contribution in [1.29, 1.82) is 0 Å². The van der Waals surface area contributed by atoms with Crippen LogP contribution in [-0.2, 0) is 9.53 Å². The molecule has 0 atom stereocenters. The number of anilines is 1. The molecule has 4 rings (SSSR count). The normalized spacial score (nSPS) is 24.7. The average molecular weight is 344 g/mol. The summed E-state index contributed by atoms with van der Waals surface area (Å²) in [4.78, 5) is 16.9. The van der Waals surface area contributed by atoms with Gasteiger partial charge in [-0.15, -0.1) is 0 Å². The smallest absolute Gasteiger partial charge is 0.248 e. The summed E-state index contributed by atoms with van der Waals surface area (Å²) >= 11 is 0. The number of rotatable bonds is 2. The summed E-state index contributed by atoms with van der Waals surface area (Å²) in [6.45, 7) is 2.87. The van der Waals surface area contributed by atoms with Gasteiger partial charge in [0.25, 0.3) is 0 Å². The molecule has 3 aliphatic rings. The number of hydrogen-bond donors (Lipinski definition) is 1. The number of hydrogen-bond acceptors (Lipinski definition) is 4. The van der Waals surface area contributed by atoms with Gasteiger partial charge in [-0.25, -0.2) is 0 Å². The quantitative estimate of drug-likeness (QED) is 0.896. The van der Waals surface area contributed by atoms with Gasteiger partial charge in [0.15, 0.2) is 0 Å².